The molecule has 0 bridgehead atoms. The van der Waals surface area contributed by atoms with Crippen molar-refractivity contribution in [2.45, 2.75) is 6.92 Å². The summed E-state index contributed by atoms with van der Waals surface area (Å²) in [4.78, 5) is 3.91. The third kappa shape index (κ3) is 1.24. The van der Waals surface area contributed by atoms with Gasteiger partial charge >= 0.3 is 0 Å². The van der Waals surface area contributed by atoms with E-state index in [1.54, 1.807) is 6.92 Å². The maximum Gasteiger partial charge on any atom is 0.258 e. The minimum absolute atomic E-state index is 0.595. The van der Waals surface area contributed by atoms with E-state index in [2.05, 4.69) is 10.9 Å². The molecule has 1 aromatic heterocycles. The molecule has 0 N–H and O–H groups in total. The van der Waals surface area contributed by atoms with Crippen LogP contribution in [-0.4, -0.2) is 4.98 Å². The van der Waals surface area contributed by atoms with Crippen LogP contribution in [0.2, 0.25) is 0 Å². The lowest BCUT2D eigenvalue weighted by Gasteiger charge is -1.76. The second kappa shape index (κ2) is 2.40. The smallest absolute Gasteiger partial charge is 0.258 e. The van der Waals surface area contributed by atoms with Gasteiger partial charge in [0, 0.05) is 22.6 Å². The highest BCUT2D eigenvalue weighted by Crippen LogP contribution is 2.09. The second-order valence-corrected chi connectivity index (χ2v) is 2.44. The summed E-state index contributed by atoms with van der Waals surface area (Å²) in [5.41, 5.74) is 0.597. The zero-order valence-electron chi connectivity index (χ0n) is 4.81. The molecule has 0 unspecified atom stereocenters. The van der Waals surface area contributed by atoms with Crippen LogP contribution < -0.4 is 0 Å². The van der Waals surface area contributed by atoms with Crippen molar-refractivity contribution in [1.82, 2.24) is 4.98 Å². The Hall–Kier alpha value is -0.500. The van der Waals surface area contributed by atoms with Crippen molar-refractivity contribution in [2.24, 2.45) is 0 Å². The van der Waals surface area contributed by atoms with Crippen LogP contribution >= 0.6 is 22.6 Å². The lowest BCUT2D eigenvalue weighted by molar-refractivity contribution is 0.497. The first kappa shape index (κ1) is 6.62. The van der Waals surface area contributed by atoms with Gasteiger partial charge in [-0.15, -0.1) is 6.42 Å². The number of oxazole rings is 1. The number of rotatable bonds is 0. The Morgan fingerprint density at radius 1 is 1.78 bits per heavy atom. The Balaban J connectivity index is 3.20. The first-order chi connectivity index (χ1) is 4.24. The van der Waals surface area contributed by atoms with Crippen LogP contribution in [-0.2, 0) is 0 Å². The summed E-state index contributed by atoms with van der Waals surface area (Å²) in [5, 5.41) is 0. The number of hydrogen-bond acceptors (Lipinski definition) is 2. The van der Waals surface area contributed by atoms with E-state index < -0.39 is 0 Å². The first-order valence-corrected chi connectivity index (χ1v) is 3.41. The molecule has 1 rings (SSSR count). The van der Waals surface area contributed by atoms with E-state index in [9.17, 15) is 0 Å². The molecule has 9 heavy (non-hydrogen) atoms. The highest BCUT2D eigenvalue weighted by atomic mass is 127. The van der Waals surface area contributed by atoms with Crippen molar-refractivity contribution in [1.29, 1.82) is 0 Å². The Morgan fingerprint density at radius 3 is 2.67 bits per heavy atom. The van der Waals surface area contributed by atoms with E-state index in [4.69, 9.17) is 10.8 Å². The molecule has 0 aliphatic carbocycles. The van der Waals surface area contributed by atoms with Crippen LogP contribution in [0.1, 0.15) is 11.5 Å². The fourth-order valence-electron chi connectivity index (χ4n) is 0.498. The van der Waals surface area contributed by atoms with Crippen LogP contribution in [0.15, 0.2) is 4.42 Å². The summed E-state index contributed by atoms with van der Waals surface area (Å²) < 4.78 is 5.63. The highest BCUT2D eigenvalue weighted by Gasteiger charge is 2.01. The Morgan fingerprint density at radius 2 is 2.44 bits per heavy atom. The van der Waals surface area contributed by atoms with Crippen LogP contribution in [0.5, 0.6) is 0 Å². The molecular formula is C6H4INO. The van der Waals surface area contributed by atoms with E-state index in [0.717, 1.165) is 0 Å². The van der Waals surface area contributed by atoms with Crippen LogP contribution in [0, 0.1) is 23.2 Å². The fourth-order valence-corrected chi connectivity index (χ4v) is 1.07. The van der Waals surface area contributed by atoms with E-state index in [-0.39, 0.29) is 0 Å². The van der Waals surface area contributed by atoms with Gasteiger partial charge in [0.2, 0.25) is 0 Å². The summed E-state index contributed by atoms with van der Waals surface area (Å²) >= 11 is 1.98. The number of aromatic nitrogens is 1. The topological polar surface area (TPSA) is 26.0 Å². The summed E-state index contributed by atoms with van der Waals surface area (Å²) in [6, 6.07) is 0. The summed E-state index contributed by atoms with van der Waals surface area (Å²) in [6.07, 6.45) is 5.09. The zero-order valence-corrected chi connectivity index (χ0v) is 6.97. The van der Waals surface area contributed by atoms with Gasteiger partial charge in [-0.25, -0.2) is 0 Å². The molecule has 0 saturated carbocycles. The number of hydrogen-bond donors (Lipinski definition) is 0. The molecule has 0 amide bonds. The van der Waals surface area contributed by atoms with E-state index >= 15 is 0 Å². The Kier molecular flexibility index (Phi) is 1.76. The van der Waals surface area contributed by atoms with Gasteiger partial charge < -0.3 is 4.42 Å². The summed E-state index contributed by atoms with van der Waals surface area (Å²) in [5.74, 6) is 3.12. The fraction of sp³-hybridized carbons (Fsp3) is 0.167. The molecule has 3 heteroatoms. The number of halogens is 1. The van der Waals surface area contributed by atoms with Crippen molar-refractivity contribution in [3.63, 3.8) is 0 Å². The maximum absolute atomic E-state index is 5.09. The van der Waals surface area contributed by atoms with Gasteiger partial charge in [-0.2, -0.15) is 4.98 Å². The number of aryl methyl sites for hydroxylation is 1. The highest BCUT2D eigenvalue weighted by molar-refractivity contribution is 14.1. The maximum atomic E-state index is 5.09. The number of nitrogens with zero attached hydrogens (tertiary/aromatic N) is 1. The van der Waals surface area contributed by atoms with Gasteiger partial charge in [0.05, 0.1) is 0 Å². The first-order valence-electron chi connectivity index (χ1n) is 2.33. The van der Waals surface area contributed by atoms with Gasteiger partial charge in [0.1, 0.15) is 5.76 Å². The van der Waals surface area contributed by atoms with Gasteiger partial charge in [-0.05, 0) is 12.8 Å². The normalized spacial score (nSPS) is 9.00. The molecule has 0 spiro atoms. The second-order valence-electron chi connectivity index (χ2n) is 1.52. The molecule has 0 atom stereocenters. The predicted octanol–water partition coefficient (Wildman–Crippen LogP) is 1.57. The minimum atomic E-state index is 0.595. The zero-order chi connectivity index (χ0) is 6.85. The summed E-state index contributed by atoms with van der Waals surface area (Å²) in [6.45, 7) is 1.80. The van der Waals surface area contributed by atoms with Crippen molar-refractivity contribution in [3.05, 3.63) is 15.4 Å². The van der Waals surface area contributed by atoms with Crippen LogP contribution in [0.3, 0.4) is 0 Å². The van der Waals surface area contributed by atoms with Crippen molar-refractivity contribution >= 4 is 22.6 Å². The molecule has 0 radical (unpaired) electrons. The molecule has 0 saturated heterocycles. The average molecular weight is 233 g/mol. The Bertz CT molecular complexity index is 259. The van der Waals surface area contributed by atoms with Crippen LogP contribution in [0.4, 0.5) is 0 Å². The van der Waals surface area contributed by atoms with Gasteiger partial charge in [-0.3, -0.25) is 0 Å². The van der Waals surface area contributed by atoms with Crippen LogP contribution in [0.25, 0.3) is 0 Å². The van der Waals surface area contributed by atoms with Gasteiger partial charge in [0.25, 0.3) is 3.90 Å². The summed E-state index contributed by atoms with van der Waals surface area (Å²) in [7, 11) is 0. The molecular weight excluding hydrogens is 229 g/mol. The van der Waals surface area contributed by atoms with Gasteiger partial charge in [0.15, 0.2) is 5.69 Å². The SMILES string of the molecule is C#Cc1nc(I)oc1C. The third-order valence-electron chi connectivity index (χ3n) is 0.907. The molecule has 0 aromatic carbocycles. The van der Waals surface area contributed by atoms with Crippen molar-refractivity contribution in [2.75, 3.05) is 0 Å². The molecule has 0 aliphatic rings. The standard InChI is InChI=1S/C6H4INO/c1-3-5-4(2)9-6(7)8-5/h1H,2H3. The van der Waals surface area contributed by atoms with E-state index in [1.807, 2.05) is 22.6 Å². The Labute approximate surface area is 66.8 Å². The molecule has 1 heterocycles. The molecule has 46 valence electrons. The molecule has 1 aromatic rings. The predicted molar refractivity (Wildman–Crippen MR) is 41.9 cm³/mol. The van der Waals surface area contributed by atoms with Crippen molar-refractivity contribution < 1.29 is 4.42 Å². The molecule has 0 aliphatic heterocycles. The lowest BCUT2D eigenvalue weighted by atomic mass is 10.4. The quantitative estimate of drug-likeness (QED) is 0.502. The molecule has 2 nitrogen and oxygen atoms in total. The lowest BCUT2D eigenvalue weighted by Crippen LogP contribution is -1.74. The largest absolute Gasteiger partial charge is 0.436 e. The molecule has 0 fully saturated rings. The van der Waals surface area contributed by atoms with E-state index in [1.165, 1.54) is 0 Å². The van der Waals surface area contributed by atoms with Gasteiger partial charge in [-0.1, -0.05) is 0 Å². The minimum Gasteiger partial charge on any atom is -0.436 e. The van der Waals surface area contributed by atoms with Crippen molar-refractivity contribution in [3.8, 4) is 12.3 Å². The number of terminal acetylenes is 1. The average Bonchev–Trinajstić information content (AvgIpc) is 2.10. The third-order valence-corrected chi connectivity index (χ3v) is 1.37. The monoisotopic (exact) mass is 233 g/mol. The van der Waals surface area contributed by atoms with E-state index in [0.29, 0.717) is 15.4 Å².